The van der Waals surface area contributed by atoms with Crippen LogP contribution in [0.2, 0.25) is 0 Å². The van der Waals surface area contributed by atoms with Crippen LogP contribution in [0.4, 0.5) is 0 Å². The van der Waals surface area contributed by atoms with Crippen molar-refractivity contribution < 1.29 is 0 Å². The highest BCUT2D eigenvalue weighted by atomic mass is 14.3. The van der Waals surface area contributed by atoms with Crippen LogP contribution in [-0.4, -0.2) is 0 Å². The van der Waals surface area contributed by atoms with Gasteiger partial charge in [0.15, 0.2) is 0 Å². The Balaban J connectivity index is 2.38. The summed E-state index contributed by atoms with van der Waals surface area (Å²) in [5.41, 5.74) is 0.667. The Morgan fingerprint density at radius 3 is 2.33 bits per heavy atom. The molecule has 0 bridgehead atoms. The van der Waals surface area contributed by atoms with Crippen molar-refractivity contribution in [3.63, 3.8) is 0 Å². The highest BCUT2D eigenvalue weighted by Crippen LogP contribution is 2.41. The monoisotopic (exact) mass is 126 g/mol. The maximum Gasteiger partial charge on any atom is -0.0351 e. The van der Waals surface area contributed by atoms with Gasteiger partial charge in [0.05, 0.1) is 0 Å². The lowest BCUT2D eigenvalue weighted by Gasteiger charge is -2.15. The summed E-state index contributed by atoms with van der Waals surface area (Å²) in [6, 6.07) is 0. The summed E-state index contributed by atoms with van der Waals surface area (Å²) >= 11 is 0. The molecule has 0 aromatic rings. The van der Waals surface area contributed by atoms with Gasteiger partial charge in [-0.3, -0.25) is 0 Å². The van der Waals surface area contributed by atoms with Crippen molar-refractivity contribution in [3.8, 4) is 0 Å². The van der Waals surface area contributed by atoms with Gasteiger partial charge < -0.3 is 0 Å². The van der Waals surface area contributed by atoms with Crippen LogP contribution >= 0.6 is 0 Å². The minimum atomic E-state index is 0.667. The smallest absolute Gasteiger partial charge is 0.0351 e. The molecule has 0 aromatic heterocycles. The van der Waals surface area contributed by atoms with Crippen LogP contribution in [0, 0.1) is 11.3 Å². The fourth-order valence-electron chi connectivity index (χ4n) is 1.93. The normalized spacial score (nSPS) is 33.0. The first-order valence-corrected chi connectivity index (χ1v) is 4.14. The topological polar surface area (TPSA) is 0 Å². The Labute approximate surface area is 58.7 Å². The summed E-state index contributed by atoms with van der Waals surface area (Å²) in [5.74, 6) is 1.04. The summed E-state index contributed by atoms with van der Waals surface area (Å²) in [6.07, 6.45) is 5.78. The van der Waals surface area contributed by atoms with Crippen LogP contribution in [0.25, 0.3) is 0 Å². The summed E-state index contributed by atoms with van der Waals surface area (Å²) in [5, 5.41) is 0. The Bertz CT molecular complexity index is 92.2. The highest BCUT2D eigenvalue weighted by molar-refractivity contribution is 4.80. The van der Waals surface area contributed by atoms with Crippen LogP contribution in [-0.2, 0) is 0 Å². The molecule has 54 valence electrons. The summed E-state index contributed by atoms with van der Waals surface area (Å²) < 4.78 is 0. The molecule has 0 aliphatic heterocycles. The molecule has 1 aliphatic carbocycles. The standard InChI is InChI=1S/C9H18/c1-4-8-5-6-9(2,3)7-8/h8H,4-7H2,1-3H3/t8-/m1/s1. The molecule has 0 heteroatoms. The van der Waals surface area contributed by atoms with E-state index in [0.29, 0.717) is 5.41 Å². The van der Waals surface area contributed by atoms with E-state index in [9.17, 15) is 0 Å². The number of hydrogen-bond donors (Lipinski definition) is 0. The maximum absolute atomic E-state index is 2.39. The SMILES string of the molecule is CC[C@@H]1CCC(C)(C)C1. The molecule has 0 amide bonds. The second-order valence-electron chi connectivity index (χ2n) is 4.18. The molecule has 0 heterocycles. The Morgan fingerprint density at radius 2 is 2.11 bits per heavy atom. The Morgan fingerprint density at radius 1 is 1.44 bits per heavy atom. The molecule has 0 N–H and O–H groups in total. The fraction of sp³-hybridized carbons (Fsp3) is 1.00. The predicted molar refractivity (Wildman–Crippen MR) is 41.4 cm³/mol. The average Bonchev–Trinajstić information content (AvgIpc) is 2.10. The third-order valence-corrected chi connectivity index (χ3v) is 2.65. The molecule has 0 unspecified atom stereocenters. The lowest BCUT2D eigenvalue weighted by atomic mass is 9.90. The maximum atomic E-state index is 2.39. The molecule has 0 radical (unpaired) electrons. The van der Waals surface area contributed by atoms with E-state index >= 15 is 0 Å². The largest absolute Gasteiger partial charge is 0.0651 e. The zero-order chi connectivity index (χ0) is 6.91. The molecule has 1 saturated carbocycles. The lowest BCUT2D eigenvalue weighted by molar-refractivity contribution is 0.358. The van der Waals surface area contributed by atoms with E-state index in [4.69, 9.17) is 0 Å². The molecule has 1 rings (SSSR count). The first-order valence-electron chi connectivity index (χ1n) is 4.14. The third kappa shape index (κ3) is 1.70. The van der Waals surface area contributed by atoms with Crippen molar-refractivity contribution >= 4 is 0 Å². The average molecular weight is 126 g/mol. The summed E-state index contributed by atoms with van der Waals surface area (Å²) in [6.45, 7) is 7.09. The minimum Gasteiger partial charge on any atom is -0.0651 e. The summed E-state index contributed by atoms with van der Waals surface area (Å²) in [4.78, 5) is 0. The first kappa shape index (κ1) is 7.11. The zero-order valence-corrected chi connectivity index (χ0v) is 6.91. The van der Waals surface area contributed by atoms with Crippen molar-refractivity contribution in [2.24, 2.45) is 11.3 Å². The van der Waals surface area contributed by atoms with Gasteiger partial charge in [-0.15, -0.1) is 0 Å². The van der Waals surface area contributed by atoms with Gasteiger partial charge in [-0.25, -0.2) is 0 Å². The van der Waals surface area contributed by atoms with Crippen molar-refractivity contribution in [1.29, 1.82) is 0 Å². The second kappa shape index (κ2) is 2.32. The second-order valence-corrected chi connectivity index (χ2v) is 4.18. The van der Waals surface area contributed by atoms with E-state index in [-0.39, 0.29) is 0 Å². The molecule has 0 aromatic carbocycles. The van der Waals surface area contributed by atoms with E-state index in [1.807, 2.05) is 0 Å². The minimum absolute atomic E-state index is 0.667. The van der Waals surface area contributed by atoms with Gasteiger partial charge >= 0.3 is 0 Å². The molecule has 1 fully saturated rings. The molecule has 0 nitrogen and oxygen atoms in total. The number of rotatable bonds is 1. The van der Waals surface area contributed by atoms with E-state index in [2.05, 4.69) is 20.8 Å². The van der Waals surface area contributed by atoms with Crippen LogP contribution in [0.5, 0.6) is 0 Å². The third-order valence-electron chi connectivity index (χ3n) is 2.65. The van der Waals surface area contributed by atoms with Gasteiger partial charge in [0.1, 0.15) is 0 Å². The van der Waals surface area contributed by atoms with Crippen LogP contribution in [0.15, 0.2) is 0 Å². The Kier molecular flexibility index (Phi) is 1.83. The van der Waals surface area contributed by atoms with Gasteiger partial charge in [0.2, 0.25) is 0 Å². The van der Waals surface area contributed by atoms with Crippen LogP contribution < -0.4 is 0 Å². The molecule has 1 atom stereocenters. The lowest BCUT2D eigenvalue weighted by Crippen LogP contribution is -2.04. The van der Waals surface area contributed by atoms with Crippen molar-refractivity contribution in [1.82, 2.24) is 0 Å². The quantitative estimate of drug-likeness (QED) is 0.506. The fourth-order valence-corrected chi connectivity index (χ4v) is 1.93. The van der Waals surface area contributed by atoms with Gasteiger partial charge in [0, 0.05) is 0 Å². The molecule has 0 saturated heterocycles. The Hall–Kier alpha value is 0. The van der Waals surface area contributed by atoms with Crippen LogP contribution in [0.3, 0.4) is 0 Å². The van der Waals surface area contributed by atoms with E-state index in [1.54, 1.807) is 0 Å². The van der Waals surface area contributed by atoms with Gasteiger partial charge in [-0.2, -0.15) is 0 Å². The molecule has 1 aliphatic rings. The van der Waals surface area contributed by atoms with E-state index in [0.717, 1.165) is 5.92 Å². The molecular formula is C9H18. The predicted octanol–water partition coefficient (Wildman–Crippen LogP) is 3.22. The first-order chi connectivity index (χ1) is 4.14. The zero-order valence-electron chi connectivity index (χ0n) is 6.91. The number of hydrogen-bond acceptors (Lipinski definition) is 0. The molecule has 9 heavy (non-hydrogen) atoms. The van der Waals surface area contributed by atoms with E-state index in [1.165, 1.54) is 25.7 Å². The van der Waals surface area contributed by atoms with Gasteiger partial charge in [-0.05, 0) is 30.6 Å². The summed E-state index contributed by atoms with van der Waals surface area (Å²) in [7, 11) is 0. The van der Waals surface area contributed by atoms with Gasteiger partial charge in [-0.1, -0.05) is 27.2 Å². The van der Waals surface area contributed by atoms with Gasteiger partial charge in [0.25, 0.3) is 0 Å². The highest BCUT2D eigenvalue weighted by Gasteiger charge is 2.29. The van der Waals surface area contributed by atoms with Crippen molar-refractivity contribution in [2.75, 3.05) is 0 Å². The van der Waals surface area contributed by atoms with Crippen molar-refractivity contribution in [2.45, 2.75) is 46.5 Å². The van der Waals surface area contributed by atoms with E-state index < -0.39 is 0 Å². The molecule has 0 spiro atoms. The van der Waals surface area contributed by atoms with Crippen molar-refractivity contribution in [3.05, 3.63) is 0 Å². The molecular weight excluding hydrogens is 108 g/mol. The van der Waals surface area contributed by atoms with Crippen LogP contribution in [0.1, 0.15) is 46.5 Å².